The summed E-state index contributed by atoms with van der Waals surface area (Å²) in [5.41, 5.74) is 1.55. The molecule has 0 saturated carbocycles. The van der Waals surface area contributed by atoms with Crippen molar-refractivity contribution in [2.45, 2.75) is 44.9 Å². The molecular weight excluding hydrogens is 288 g/mol. The van der Waals surface area contributed by atoms with E-state index >= 15 is 0 Å². The Morgan fingerprint density at radius 3 is 2.33 bits per heavy atom. The molecule has 1 aromatic rings. The first-order valence-electron chi connectivity index (χ1n) is 6.89. The van der Waals surface area contributed by atoms with Gasteiger partial charge in [0.25, 0.3) is 0 Å². The first kappa shape index (κ1) is 17.7. The molecule has 0 unspecified atom stereocenters. The molecule has 0 aromatic heterocycles. The second-order valence-corrected chi connectivity index (χ2v) is 7.85. The van der Waals surface area contributed by atoms with E-state index in [0.29, 0.717) is 5.56 Å². The van der Waals surface area contributed by atoms with Gasteiger partial charge in [0.2, 0.25) is 15.9 Å². The Balaban J connectivity index is 2.95. The molecule has 5 nitrogen and oxygen atoms in total. The van der Waals surface area contributed by atoms with Gasteiger partial charge in [0.1, 0.15) is 0 Å². The predicted molar refractivity (Wildman–Crippen MR) is 83.8 cm³/mol. The van der Waals surface area contributed by atoms with Crippen molar-refractivity contribution in [3.8, 4) is 0 Å². The molecule has 118 valence electrons. The molecule has 0 aliphatic carbocycles. The average molecular weight is 312 g/mol. The lowest BCUT2D eigenvalue weighted by molar-refractivity contribution is -0.118. The lowest BCUT2D eigenvalue weighted by Crippen LogP contribution is -2.34. The van der Waals surface area contributed by atoms with Gasteiger partial charge in [-0.15, -0.1) is 0 Å². The topological polar surface area (TPSA) is 75.3 Å². The average Bonchev–Trinajstić information content (AvgIpc) is 2.33. The van der Waals surface area contributed by atoms with Crippen molar-refractivity contribution in [3.05, 3.63) is 29.3 Å². The van der Waals surface area contributed by atoms with Crippen LogP contribution in [-0.2, 0) is 20.2 Å². The van der Waals surface area contributed by atoms with E-state index < -0.39 is 10.0 Å². The molecule has 1 amide bonds. The van der Waals surface area contributed by atoms with Crippen LogP contribution >= 0.6 is 0 Å². The first-order valence-corrected chi connectivity index (χ1v) is 8.37. The summed E-state index contributed by atoms with van der Waals surface area (Å²) in [7, 11) is -3.57. The van der Waals surface area contributed by atoms with E-state index in [9.17, 15) is 13.2 Å². The third kappa shape index (κ3) is 5.13. The third-order valence-electron chi connectivity index (χ3n) is 3.13. The second kappa shape index (κ2) is 6.58. The number of sulfonamides is 1. The molecular formula is C15H24N2O3S. The Labute approximate surface area is 127 Å². The zero-order valence-corrected chi connectivity index (χ0v) is 14.1. The summed E-state index contributed by atoms with van der Waals surface area (Å²) in [6.45, 7) is 9.72. The SMILES string of the molecule is CC(=O)NCCNS(=O)(=O)c1cc(C(C)(C)C)ccc1C. The van der Waals surface area contributed by atoms with Crippen molar-refractivity contribution in [2.75, 3.05) is 13.1 Å². The standard InChI is InChI=1S/C15H24N2O3S/c1-11-6-7-13(15(3,4)5)10-14(11)21(19,20)17-9-8-16-12(2)18/h6-7,10,17H,8-9H2,1-5H3,(H,16,18). The van der Waals surface area contributed by atoms with Gasteiger partial charge in [0, 0.05) is 20.0 Å². The molecule has 0 atom stereocenters. The van der Waals surface area contributed by atoms with E-state index in [2.05, 4.69) is 10.0 Å². The van der Waals surface area contributed by atoms with Gasteiger partial charge in [-0.25, -0.2) is 13.1 Å². The molecule has 1 rings (SSSR count). The van der Waals surface area contributed by atoms with Gasteiger partial charge in [0.15, 0.2) is 0 Å². The maximum absolute atomic E-state index is 12.4. The number of nitrogens with one attached hydrogen (secondary N) is 2. The second-order valence-electron chi connectivity index (χ2n) is 6.11. The van der Waals surface area contributed by atoms with E-state index in [0.717, 1.165) is 5.56 Å². The van der Waals surface area contributed by atoms with Crippen LogP contribution in [0.25, 0.3) is 0 Å². The molecule has 2 N–H and O–H groups in total. The monoisotopic (exact) mass is 312 g/mol. The number of carbonyl (C=O) groups is 1. The van der Waals surface area contributed by atoms with Crippen molar-refractivity contribution in [3.63, 3.8) is 0 Å². The van der Waals surface area contributed by atoms with Gasteiger partial charge in [0.05, 0.1) is 4.90 Å². The van der Waals surface area contributed by atoms with Crippen molar-refractivity contribution >= 4 is 15.9 Å². The summed E-state index contributed by atoms with van der Waals surface area (Å²) in [4.78, 5) is 11.0. The lowest BCUT2D eigenvalue weighted by atomic mass is 9.87. The minimum atomic E-state index is -3.57. The summed E-state index contributed by atoms with van der Waals surface area (Å²) in [6.07, 6.45) is 0. The Morgan fingerprint density at radius 2 is 1.81 bits per heavy atom. The molecule has 0 saturated heterocycles. The van der Waals surface area contributed by atoms with Crippen LogP contribution in [0.4, 0.5) is 0 Å². The highest BCUT2D eigenvalue weighted by atomic mass is 32.2. The Hall–Kier alpha value is -1.40. The van der Waals surface area contributed by atoms with Crippen LogP contribution in [0.2, 0.25) is 0 Å². The molecule has 0 fully saturated rings. The zero-order valence-electron chi connectivity index (χ0n) is 13.3. The van der Waals surface area contributed by atoms with Crippen molar-refractivity contribution in [1.29, 1.82) is 0 Å². The fourth-order valence-corrected chi connectivity index (χ4v) is 3.16. The van der Waals surface area contributed by atoms with Crippen molar-refractivity contribution in [2.24, 2.45) is 0 Å². The smallest absolute Gasteiger partial charge is 0.240 e. The molecule has 0 spiro atoms. The maximum atomic E-state index is 12.4. The van der Waals surface area contributed by atoms with Gasteiger partial charge in [-0.1, -0.05) is 32.9 Å². The molecule has 6 heteroatoms. The molecule has 1 aromatic carbocycles. The van der Waals surface area contributed by atoms with Crippen molar-refractivity contribution in [1.82, 2.24) is 10.0 Å². The van der Waals surface area contributed by atoms with Crippen LogP contribution in [0.15, 0.2) is 23.1 Å². The molecule has 0 heterocycles. The molecule has 0 aliphatic rings. The third-order valence-corrected chi connectivity index (χ3v) is 4.74. The molecule has 21 heavy (non-hydrogen) atoms. The van der Waals surface area contributed by atoms with Crippen LogP contribution in [0.1, 0.15) is 38.8 Å². The number of rotatable bonds is 5. The fraction of sp³-hybridized carbons (Fsp3) is 0.533. The highest BCUT2D eigenvalue weighted by Gasteiger charge is 2.21. The van der Waals surface area contributed by atoms with Gasteiger partial charge >= 0.3 is 0 Å². The minimum Gasteiger partial charge on any atom is -0.355 e. The summed E-state index contributed by atoms with van der Waals surface area (Å²) in [5.74, 6) is -0.180. The van der Waals surface area contributed by atoms with E-state index in [1.165, 1.54) is 6.92 Å². The normalized spacial score (nSPS) is 12.2. The van der Waals surface area contributed by atoms with E-state index in [-0.39, 0.29) is 29.3 Å². The van der Waals surface area contributed by atoms with Crippen LogP contribution in [-0.4, -0.2) is 27.4 Å². The highest BCUT2D eigenvalue weighted by molar-refractivity contribution is 7.89. The summed E-state index contributed by atoms with van der Waals surface area (Å²) < 4.78 is 27.2. The van der Waals surface area contributed by atoms with Gasteiger partial charge in [-0.2, -0.15) is 0 Å². The van der Waals surface area contributed by atoms with E-state index in [1.807, 2.05) is 32.9 Å². The Kier molecular flexibility index (Phi) is 5.53. The summed E-state index contributed by atoms with van der Waals surface area (Å²) in [6, 6.07) is 5.49. The number of aryl methyl sites for hydroxylation is 1. The molecule has 0 aliphatic heterocycles. The van der Waals surface area contributed by atoms with Crippen LogP contribution < -0.4 is 10.0 Å². The summed E-state index contributed by atoms with van der Waals surface area (Å²) >= 11 is 0. The number of carbonyl (C=O) groups excluding carboxylic acids is 1. The zero-order chi connectivity index (χ0) is 16.3. The highest BCUT2D eigenvalue weighted by Crippen LogP contribution is 2.26. The van der Waals surface area contributed by atoms with Crippen LogP contribution in [0.3, 0.4) is 0 Å². The van der Waals surface area contributed by atoms with E-state index in [4.69, 9.17) is 0 Å². The van der Waals surface area contributed by atoms with Crippen molar-refractivity contribution < 1.29 is 13.2 Å². The lowest BCUT2D eigenvalue weighted by Gasteiger charge is -2.21. The largest absolute Gasteiger partial charge is 0.355 e. The Morgan fingerprint density at radius 1 is 1.19 bits per heavy atom. The Bertz CT molecular complexity index is 616. The van der Waals surface area contributed by atoms with Gasteiger partial charge in [-0.3, -0.25) is 4.79 Å². The summed E-state index contributed by atoms with van der Waals surface area (Å²) in [5, 5.41) is 2.55. The minimum absolute atomic E-state index is 0.117. The van der Waals surface area contributed by atoms with Crippen LogP contribution in [0, 0.1) is 6.92 Å². The number of benzene rings is 1. The first-order chi connectivity index (χ1) is 9.54. The van der Waals surface area contributed by atoms with Crippen LogP contribution in [0.5, 0.6) is 0 Å². The number of hydrogen-bond acceptors (Lipinski definition) is 3. The number of amides is 1. The molecule has 0 radical (unpaired) electrons. The predicted octanol–water partition coefficient (Wildman–Crippen LogP) is 1.71. The van der Waals surface area contributed by atoms with E-state index in [1.54, 1.807) is 13.0 Å². The molecule has 0 bridgehead atoms. The van der Waals surface area contributed by atoms with Gasteiger partial charge in [-0.05, 0) is 29.5 Å². The van der Waals surface area contributed by atoms with Gasteiger partial charge < -0.3 is 5.32 Å². The quantitative estimate of drug-likeness (QED) is 0.813. The number of hydrogen-bond donors (Lipinski definition) is 2. The fourth-order valence-electron chi connectivity index (χ4n) is 1.86. The maximum Gasteiger partial charge on any atom is 0.240 e.